The summed E-state index contributed by atoms with van der Waals surface area (Å²) < 4.78 is 10.5. The quantitative estimate of drug-likeness (QED) is 0.0973. The van der Waals surface area contributed by atoms with E-state index in [1.165, 1.54) is 89.2 Å². The molecule has 0 spiro atoms. The Hall–Kier alpha value is -1.32. The molecule has 0 aliphatic rings. The molecule has 1 unspecified atom stereocenters. The van der Waals surface area contributed by atoms with Crippen LogP contribution in [0.5, 0.6) is 0 Å². The third-order valence-corrected chi connectivity index (χ3v) is 5.72. The Morgan fingerprint density at radius 3 is 1.55 bits per heavy atom. The molecule has 0 rings (SSSR count). The summed E-state index contributed by atoms with van der Waals surface area (Å²) in [4.78, 5) is 23.5. The zero-order chi connectivity index (χ0) is 23.0. The Labute approximate surface area is 192 Å². The summed E-state index contributed by atoms with van der Waals surface area (Å²) in [5, 5.41) is 0. The fourth-order valence-corrected chi connectivity index (χ4v) is 3.64. The highest BCUT2D eigenvalue weighted by molar-refractivity contribution is 5.91. The highest BCUT2D eigenvalue weighted by atomic mass is 16.5. The van der Waals surface area contributed by atoms with Crippen LogP contribution in [0.1, 0.15) is 136 Å². The molecule has 0 bridgehead atoms. The summed E-state index contributed by atoms with van der Waals surface area (Å²) in [6.07, 6.45) is 24.3. The van der Waals surface area contributed by atoms with Crippen LogP contribution in [0.2, 0.25) is 0 Å². The third-order valence-electron chi connectivity index (χ3n) is 5.72. The lowest BCUT2D eigenvalue weighted by molar-refractivity contribution is -0.144. The van der Waals surface area contributed by atoms with E-state index in [4.69, 9.17) is 9.47 Å². The fraction of sp³-hybridized carbons (Fsp3) is 0.852. The maximum Gasteiger partial charge on any atom is 0.331 e. The van der Waals surface area contributed by atoms with E-state index in [1.807, 2.05) is 6.92 Å². The fourth-order valence-electron chi connectivity index (χ4n) is 3.64. The number of esters is 2. The van der Waals surface area contributed by atoms with Crippen molar-refractivity contribution in [3.05, 3.63) is 12.2 Å². The van der Waals surface area contributed by atoms with Gasteiger partial charge in [-0.3, -0.25) is 0 Å². The summed E-state index contributed by atoms with van der Waals surface area (Å²) in [6.45, 7) is 6.80. The standard InChI is InChI=1S/C27H50O4/c1-4-7-9-10-11-12-13-14-15-16-17-18-19-20-24-30-26(28)22-23-27(29)31-25(6-3)21-8-5-2/h22-23,25H,4-21,24H2,1-3H3/b23-22+. The van der Waals surface area contributed by atoms with Gasteiger partial charge in [0, 0.05) is 12.2 Å². The molecule has 0 saturated carbocycles. The number of rotatable bonds is 22. The number of carbonyl (C=O) groups excluding carboxylic acids is 2. The Kier molecular flexibility index (Phi) is 22.4. The number of ether oxygens (including phenoxy) is 2. The highest BCUT2D eigenvalue weighted by Crippen LogP contribution is 2.13. The molecule has 0 aliphatic carbocycles. The molecule has 0 radical (unpaired) electrons. The van der Waals surface area contributed by atoms with Gasteiger partial charge in [0.25, 0.3) is 0 Å². The molecule has 31 heavy (non-hydrogen) atoms. The van der Waals surface area contributed by atoms with E-state index < -0.39 is 11.9 Å². The Morgan fingerprint density at radius 1 is 0.613 bits per heavy atom. The van der Waals surface area contributed by atoms with Gasteiger partial charge in [-0.25, -0.2) is 9.59 Å². The van der Waals surface area contributed by atoms with Gasteiger partial charge in [-0.05, 0) is 19.3 Å². The van der Waals surface area contributed by atoms with E-state index in [0.29, 0.717) is 6.61 Å². The smallest absolute Gasteiger partial charge is 0.331 e. The van der Waals surface area contributed by atoms with Gasteiger partial charge in [0.15, 0.2) is 0 Å². The summed E-state index contributed by atoms with van der Waals surface area (Å²) in [5.41, 5.74) is 0. The SMILES string of the molecule is CCCCCCCCCCCCCCCCOC(=O)/C=C/C(=O)OC(CC)CCCC. The molecule has 0 heterocycles. The van der Waals surface area contributed by atoms with Crippen molar-refractivity contribution < 1.29 is 19.1 Å². The summed E-state index contributed by atoms with van der Waals surface area (Å²) in [5.74, 6) is -0.926. The third kappa shape index (κ3) is 21.7. The normalized spacial score (nSPS) is 12.2. The van der Waals surface area contributed by atoms with Crippen LogP contribution in [0.4, 0.5) is 0 Å². The monoisotopic (exact) mass is 438 g/mol. The molecular formula is C27H50O4. The van der Waals surface area contributed by atoms with Crippen LogP contribution in [0.15, 0.2) is 12.2 Å². The van der Waals surface area contributed by atoms with Gasteiger partial charge in [0.2, 0.25) is 0 Å². The first-order valence-electron chi connectivity index (χ1n) is 13.2. The van der Waals surface area contributed by atoms with Crippen LogP contribution in [0.3, 0.4) is 0 Å². The van der Waals surface area contributed by atoms with E-state index in [-0.39, 0.29) is 6.10 Å². The first-order chi connectivity index (χ1) is 15.1. The van der Waals surface area contributed by atoms with Gasteiger partial charge in [0.1, 0.15) is 6.10 Å². The molecule has 0 N–H and O–H groups in total. The molecule has 0 aromatic rings. The molecular weight excluding hydrogens is 388 g/mol. The summed E-state index contributed by atoms with van der Waals surface area (Å²) >= 11 is 0. The number of unbranched alkanes of at least 4 members (excludes halogenated alkanes) is 14. The summed E-state index contributed by atoms with van der Waals surface area (Å²) in [6, 6.07) is 0. The van der Waals surface area contributed by atoms with Crippen LogP contribution in [0, 0.1) is 0 Å². The van der Waals surface area contributed by atoms with Crippen molar-refractivity contribution in [3.8, 4) is 0 Å². The predicted molar refractivity (Wildman–Crippen MR) is 130 cm³/mol. The molecule has 182 valence electrons. The minimum absolute atomic E-state index is 0.0660. The van der Waals surface area contributed by atoms with Gasteiger partial charge in [0.05, 0.1) is 6.61 Å². The van der Waals surface area contributed by atoms with Crippen LogP contribution in [0.25, 0.3) is 0 Å². The molecule has 0 aromatic heterocycles. The van der Waals surface area contributed by atoms with Crippen molar-refractivity contribution in [1.82, 2.24) is 0 Å². The van der Waals surface area contributed by atoms with E-state index in [1.54, 1.807) is 0 Å². The number of hydrogen-bond acceptors (Lipinski definition) is 4. The Bertz CT molecular complexity index is 445. The molecule has 1 atom stereocenters. The van der Waals surface area contributed by atoms with Crippen molar-refractivity contribution in [3.63, 3.8) is 0 Å². The molecule has 0 fully saturated rings. The lowest BCUT2D eigenvalue weighted by Crippen LogP contribution is -2.16. The second kappa shape index (κ2) is 23.3. The van der Waals surface area contributed by atoms with Crippen LogP contribution in [-0.4, -0.2) is 24.6 Å². The van der Waals surface area contributed by atoms with E-state index >= 15 is 0 Å². The van der Waals surface area contributed by atoms with E-state index in [9.17, 15) is 9.59 Å². The average molecular weight is 439 g/mol. The highest BCUT2D eigenvalue weighted by Gasteiger charge is 2.10. The number of hydrogen-bond donors (Lipinski definition) is 0. The van der Waals surface area contributed by atoms with Gasteiger partial charge >= 0.3 is 11.9 Å². The maximum atomic E-state index is 11.8. The minimum atomic E-state index is -0.465. The van der Waals surface area contributed by atoms with E-state index in [2.05, 4.69) is 13.8 Å². The lowest BCUT2D eigenvalue weighted by Gasteiger charge is -2.14. The minimum Gasteiger partial charge on any atom is -0.463 e. The van der Waals surface area contributed by atoms with Gasteiger partial charge in [-0.15, -0.1) is 0 Å². The largest absolute Gasteiger partial charge is 0.463 e. The molecule has 0 saturated heterocycles. The summed E-state index contributed by atoms with van der Waals surface area (Å²) in [7, 11) is 0. The van der Waals surface area contributed by atoms with Crippen molar-refractivity contribution in [2.24, 2.45) is 0 Å². The first kappa shape index (κ1) is 29.7. The predicted octanol–water partition coefficient (Wildman–Crippen LogP) is 8.08. The van der Waals surface area contributed by atoms with Crippen molar-refractivity contribution in [2.75, 3.05) is 6.61 Å². The van der Waals surface area contributed by atoms with Crippen LogP contribution < -0.4 is 0 Å². The second-order valence-corrected chi connectivity index (χ2v) is 8.71. The Balaban J connectivity index is 3.49. The molecule has 0 aliphatic heterocycles. The lowest BCUT2D eigenvalue weighted by atomic mass is 10.0. The zero-order valence-corrected chi connectivity index (χ0v) is 20.8. The first-order valence-corrected chi connectivity index (χ1v) is 13.2. The van der Waals surface area contributed by atoms with E-state index in [0.717, 1.165) is 38.5 Å². The second-order valence-electron chi connectivity index (χ2n) is 8.71. The molecule has 0 amide bonds. The van der Waals surface area contributed by atoms with Crippen molar-refractivity contribution in [1.29, 1.82) is 0 Å². The molecule has 4 nitrogen and oxygen atoms in total. The zero-order valence-electron chi connectivity index (χ0n) is 20.8. The Morgan fingerprint density at radius 2 is 1.06 bits per heavy atom. The average Bonchev–Trinajstić information content (AvgIpc) is 2.77. The van der Waals surface area contributed by atoms with Gasteiger partial charge in [-0.2, -0.15) is 0 Å². The topological polar surface area (TPSA) is 52.6 Å². The van der Waals surface area contributed by atoms with Gasteiger partial charge in [-0.1, -0.05) is 117 Å². The van der Waals surface area contributed by atoms with Crippen molar-refractivity contribution >= 4 is 11.9 Å². The molecule has 0 aromatic carbocycles. The molecule has 4 heteroatoms. The maximum absolute atomic E-state index is 11.8. The van der Waals surface area contributed by atoms with Crippen LogP contribution in [-0.2, 0) is 19.1 Å². The number of carbonyl (C=O) groups is 2. The van der Waals surface area contributed by atoms with Crippen LogP contribution >= 0.6 is 0 Å². The van der Waals surface area contributed by atoms with Gasteiger partial charge < -0.3 is 9.47 Å². The van der Waals surface area contributed by atoms with Crippen molar-refractivity contribution in [2.45, 2.75) is 142 Å².